The summed E-state index contributed by atoms with van der Waals surface area (Å²) in [6, 6.07) is 4.73. The molecule has 1 aromatic heterocycles. The number of hydrogen-bond donors (Lipinski definition) is 1. The number of nitriles is 1. The van der Waals surface area contributed by atoms with Crippen molar-refractivity contribution in [2.24, 2.45) is 0 Å². The summed E-state index contributed by atoms with van der Waals surface area (Å²) in [4.78, 5) is 3.78. The first-order valence-corrected chi connectivity index (χ1v) is 5.97. The third kappa shape index (κ3) is 3.32. The molecule has 0 aromatic carbocycles. The van der Waals surface area contributed by atoms with Crippen LogP contribution in [0.5, 0.6) is 0 Å². The Hall–Kier alpha value is -1.13. The topological polar surface area (TPSA) is 82.8 Å². The van der Waals surface area contributed by atoms with Crippen LogP contribution >= 0.6 is 15.9 Å². The Kier molecular flexibility index (Phi) is 3.43. The Morgan fingerprint density at radius 1 is 1.64 bits per heavy atom. The molecule has 0 bridgehead atoms. The third-order valence-electron chi connectivity index (χ3n) is 1.24. The van der Waals surface area contributed by atoms with Crippen molar-refractivity contribution >= 4 is 31.8 Å². The van der Waals surface area contributed by atoms with Gasteiger partial charge in [0.25, 0.3) is 0 Å². The summed E-state index contributed by atoms with van der Waals surface area (Å²) in [5.74, 6) is -0.393. The van der Waals surface area contributed by atoms with Gasteiger partial charge in [0, 0.05) is 10.7 Å². The monoisotopic (exact) mass is 275 g/mol. The van der Waals surface area contributed by atoms with Crippen molar-refractivity contribution < 1.29 is 8.42 Å². The molecule has 0 amide bonds. The van der Waals surface area contributed by atoms with Crippen LogP contribution in [0.3, 0.4) is 0 Å². The molecule has 1 rings (SSSR count). The minimum Gasteiger partial charge on any atom is -0.266 e. The van der Waals surface area contributed by atoms with Gasteiger partial charge in [-0.25, -0.2) is 13.4 Å². The highest BCUT2D eigenvalue weighted by Crippen LogP contribution is 2.13. The van der Waals surface area contributed by atoms with Gasteiger partial charge in [-0.15, -0.1) is 0 Å². The summed E-state index contributed by atoms with van der Waals surface area (Å²) in [5.41, 5.74) is 0. The van der Waals surface area contributed by atoms with Crippen LogP contribution in [0.15, 0.2) is 22.8 Å². The van der Waals surface area contributed by atoms with Crippen molar-refractivity contribution in [2.45, 2.75) is 0 Å². The standard InChI is InChI=1S/C7H6BrN3O2S/c8-6-1-3-10-7(5-6)11-14(12,13)4-2-9/h1,3,5H,4H2,(H,10,11). The third-order valence-corrected chi connectivity index (χ3v) is 2.76. The molecule has 0 fully saturated rings. The maximum atomic E-state index is 11.1. The Labute approximate surface area is 90.0 Å². The molecule has 5 nitrogen and oxygen atoms in total. The van der Waals surface area contributed by atoms with Gasteiger partial charge in [-0.05, 0) is 12.1 Å². The Bertz CT molecular complexity index is 466. The van der Waals surface area contributed by atoms with E-state index in [0.29, 0.717) is 4.47 Å². The Morgan fingerprint density at radius 2 is 2.36 bits per heavy atom. The molecule has 1 N–H and O–H groups in total. The molecule has 0 saturated carbocycles. The number of sulfonamides is 1. The van der Waals surface area contributed by atoms with Crippen LogP contribution in [-0.4, -0.2) is 19.2 Å². The van der Waals surface area contributed by atoms with E-state index in [1.165, 1.54) is 12.3 Å². The van der Waals surface area contributed by atoms with Crippen LogP contribution in [0.25, 0.3) is 0 Å². The molecule has 0 atom stereocenters. The fourth-order valence-electron chi connectivity index (χ4n) is 0.741. The lowest BCUT2D eigenvalue weighted by Crippen LogP contribution is -2.16. The first-order chi connectivity index (χ1) is 6.53. The molecule has 0 saturated heterocycles. The highest BCUT2D eigenvalue weighted by molar-refractivity contribution is 9.10. The number of rotatable bonds is 3. The average molecular weight is 276 g/mol. The highest BCUT2D eigenvalue weighted by atomic mass is 79.9. The zero-order valence-corrected chi connectivity index (χ0v) is 9.34. The molecule has 0 radical (unpaired) electrons. The van der Waals surface area contributed by atoms with Crippen molar-refractivity contribution in [3.05, 3.63) is 22.8 Å². The summed E-state index contributed by atoms with van der Waals surface area (Å²) in [6.07, 6.45) is 1.45. The van der Waals surface area contributed by atoms with Crippen LogP contribution in [0.1, 0.15) is 0 Å². The largest absolute Gasteiger partial charge is 0.266 e. The van der Waals surface area contributed by atoms with Gasteiger partial charge in [0.15, 0.2) is 5.75 Å². The molecule has 7 heteroatoms. The first kappa shape index (κ1) is 10.9. The van der Waals surface area contributed by atoms with Crippen molar-refractivity contribution in [3.63, 3.8) is 0 Å². The fourth-order valence-corrected chi connectivity index (χ4v) is 1.75. The van der Waals surface area contributed by atoms with Gasteiger partial charge < -0.3 is 0 Å². The van der Waals surface area contributed by atoms with Crippen molar-refractivity contribution in [2.75, 3.05) is 10.5 Å². The molecular formula is C7H6BrN3O2S. The molecule has 74 valence electrons. The molecule has 1 aromatic rings. The number of pyridine rings is 1. The zero-order chi connectivity index (χ0) is 10.6. The Morgan fingerprint density at radius 3 is 2.93 bits per heavy atom. The number of anilines is 1. The predicted molar refractivity (Wildman–Crippen MR) is 55.0 cm³/mol. The van der Waals surface area contributed by atoms with Crippen LogP contribution < -0.4 is 4.72 Å². The highest BCUT2D eigenvalue weighted by Gasteiger charge is 2.09. The van der Waals surface area contributed by atoms with Gasteiger partial charge >= 0.3 is 0 Å². The second kappa shape index (κ2) is 4.39. The molecule has 0 aliphatic carbocycles. The Balaban J connectivity index is 2.85. The van der Waals surface area contributed by atoms with E-state index in [4.69, 9.17) is 5.26 Å². The van der Waals surface area contributed by atoms with Gasteiger partial charge in [-0.2, -0.15) is 5.26 Å². The van der Waals surface area contributed by atoms with Gasteiger partial charge in [0.05, 0.1) is 6.07 Å². The molecule has 14 heavy (non-hydrogen) atoms. The summed E-state index contributed by atoms with van der Waals surface area (Å²) in [5, 5.41) is 8.24. The number of halogens is 1. The molecule has 0 unspecified atom stereocenters. The molecule has 0 aliphatic rings. The van der Waals surface area contributed by atoms with E-state index in [-0.39, 0.29) is 5.82 Å². The van der Waals surface area contributed by atoms with Crippen LogP contribution in [0.2, 0.25) is 0 Å². The normalized spacial score (nSPS) is 10.6. The summed E-state index contributed by atoms with van der Waals surface area (Å²) < 4.78 is 25.1. The van der Waals surface area contributed by atoms with Crippen LogP contribution in [0, 0.1) is 11.3 Å². The predicted octanol–water partition coefficient (Wildman–Crippen LogP) is 1.11. The average Bonchev–Trinajstić information content (AvgIpc) is 2.02. The maximum Gasteiger partial charge on any atom is 0.247 e. The molecule has 0 spiro atoms. The smallest absolute Gasteiger partial charge is 0.247 e. The van der Waals surface area contributed by atoms with E-state index >= 15 is 0 Å². The maximum absolute atomic E-state index is 11.1. The van der Waals surface area contributed by atoms with E-state index in [9.17, 15) is 8.42 Å². The number of nitrogens with zero attached hydrogens (tertiary/aromatic N) is 2. The van der Waals surface area contributed by atoms with Crippen molar-refractivity contribution in [1.29, 1.82) is 5.26 Å². The molecular weight excluding hydrogens is 270 g/mol. The van der Waals surface area contributed by atoms with Crippen LogP contribution in [0.4, 0.5) is 5.82 Å². The summed E-state index contributed by atoms with van der Waals surface area (Å²) >= 11 is 3.17. The lowest BCUT2D eigenvalue weighted by molar-refractivity contribution is 0.604. The van der Waals surface area contributed by atoms with E-state index < -0.39 is 15.8 Å². The molecule has 0 aliphatic heterocycles. The van der Waals surface area contributed by atoms with Crippen molar-refractivity contribution in [1.82, 2.24) is 4.98 Å². The minimum absolute atomic E-state index is 0.189. The van der Waals surface area contributed by atoms with E-state index in [0.717, 1.165) is 0 Å². The van der Waals surface area contributed by atoms with E-state index in [2.05, 4.69) is 25.6 Å². The lowest BCUT2D eigenvalue weighted by Gasteiger charge is -2.03. The number of nitrogens with one attached hydrogen (secondary N) is 1. The van der Waals surface area contributed by atoms with E-state index in [1.807, 2.05) is 0 Å². The van der Waals surface area contributed by atoms with Gasteiger partial charge in [0.1, 0.15) is 5.82 Å². The summed E-state index contributed by atoms with van der Waals surface area (Å²) in [7, 11) is -3.60. The minimum atomic E-state index is -3.60. The van der Waals surface area contributed by atoms with Crippen LogP contribution in [-0.2, 0) is 10.0 Å². The number of hydrogen-bond acceptors (Lipinski definition) is 4. The quantitative estimate of drug-likeness (QED) is 0.896. The van der Waals surface area contributed by atoms with Gasteiger partial charge in [-0.3, -0.25) is 4.72 Å². The second-order valence-corrected chi connectivity index (χ2v) is 5.02. The lowest BCUT2D eigenvalue weighted by atomic mass is 10.5. The molecule has 1 heterocycles. The fraction of sp³-hybridized carbons (Fsp3) is 0.143. The summed E-state index contributed by atoms with van der Waals surface area (Å²) in [6.45, 7) is 0. The first-order valence-electron chi connectivity index (χ1n) is 3.52. The van der Waals surface area contributed by atoms with Gasteiger partial charge in [0.2, 0.25) is 10.0 Å². The zero-order valence-electron chi connectivity index (χ0n) is 6.94. The van der Waals surface area contributed by atoms with Crippen molar-refractivity contribution in [3.8, 4) is 6.07 Å². The van der Waals surface area contributed by atoms with E-state index in [1.54, 1.807) is 12.1 Å². The van der Waals surface area contributed by atoms with Gasteiger partial charge in [-0.1, -0.05) is 15.9 Å². The SMILES string of the molecule is N#CCS(=O)(=O)Nc1cc(Br)ccn1. The second-order valence-electron chi connectivity index (χ2n) is 2.38. The number of aromatic nitrogens is 1.